The number of hydrogen-bond acceptors (Lipinski definition) is 16. The monoisotopic (exact) mass is 1110 g/mol. The van der Waals surface area contributed by atoms with Gasteiger partial charge in [0.25, 0.3) is 0 Å². The van der Waals surface area contributed by atoms with Crippen molar-refractivity contribution in [2.24, 2.45) is 0 Å². The smallest absolute Gasteiger partial charge is 0.247 e. The third-order valence-electron chi connectivity index (χ3n) is 15.9. The zero-order chi connectivity index (χ0) is 57.6. The summed E-state index contributed by atoms with van der Waals surface area (Å²) < 4.78 is 29.3. The van der Waals surface area contributed by atoms with Crippen molar-refractivity contribution in [3.05, 3.63) is 117 Å². The molecule has 0 unspecified atom stereocenters. The molecule has 4 N–H and O–H groups in total. The lowest BCUT2D eigenvalue weighted by Crippen LogP contribution is -2.47. The molecular weight excluding hydrogens is 1040 g/mol. The Morgan fingerprint density at radius 1 is 0.707 bits per heavy atom. The Morgan fingerprint density at radius 3 is 1.93 bits per heavy atom. The molecule has 424 valence electrons. The van der Waals surface area contributed by atoms with E-state index in [9.17, 15) is 9.59 Å². The van der Waals surface area contributed by atoms with Crippen molar-refractivity contribution in [3.8, 4) is 45.5 Å². The SMILES string of the molecule is C=CC(=O)Nc1cc(Nc2nccc(-c3cn4c5c(cccc35)OCCC4)n2)c(OC)cc1N(C)CCN(C)c1cc(-c2cn3c4c(cccc24)OC2(CC2)C3)nc(Nc2cc(NC(=O)C=C)c(N(C)CC(C)(C)N(C)C)cc2OC)n1. The highest BCUT2D eigenvalue weighted by atomic mass is 16.5. The van der Waals surface area contributed by atoms with Crippen LogP contribution >= 0.6 is 0 Å². The molecular formula is C62H70N14O6. The quantitative estimate of drug-likeness (QED) is 0.0496. The van der Waals surface area contributed by atoms with Crippen molar-refractivity contribution in [3.63, 3.8) is 0 Å². The number of nitrogens with one attached hydrogen (secondary N) is 4. The Morgan fingerprint density at radius 2 is 1.29 bits per heavy atom. The van der Waals surface area contributed by atoms with Gasteiger partial charge < -0.3 is 68.9 Å². The maximum atomic E-state index is 13.1. The fourth-order valence-corrected chi connectivity index (χ4v) is 10.8. The first-order valence-corrected chi connectivity index (χ1v) is 27.4. The predicted octanol–water partition coefficient (Wildman–Crippen LogP) is 10.3. The van der Waals surface area contributed by atoms with E-state index in [0.717, 1.165) is 88.2 Å². The van der Waals surface area contributed by atoms with Gasteiger partial charge in [0.1, 0.15) is 34.4 Å². The van der Waals surface area contributed by atoms with Crippen molar-refractivity contribution in [1.82, 2.24) is 34.0 Å². The first-order chi connectivity index (χ1) is 39.5. The average molecular weight is 1110 g/mol. The summed E-state index contributed by atoms with van der Waals surface area (Å²) in [6.07, 6.45) is 11.4. The number of ether oxygens (including phenoxy) is 4. The minimum absolute atomic E-state index is 0.184. The summed E-state index contributed by atoms with van der Waals surface area (Å²) in [5.74, 6) is 3.27. The van der Waals surface area contributed by atoms with E-state index >= 15 is 0 Å². The minimum Gasteiger partial charge on any atom is -0.494 e. The number of rotatable bonds is 21. The Hall–Kier alpha value is -9.30. The van der Waals surface area contributed by atoms with Gasteiger partial charge in [-0.2, -0.15) is 4.98 Å². The van der Waals surface area contributed by atoms with E-state index in [1.54, 1.807) is 20.4 Å². The molecule has 4 aromatic heterocycles. The molecule has 1 saturated carbocycles. The van der Waals surface area contributed by atoms with Gasteiger partial charge in [0.2, 0.25) is 23.7 Å². The van der Waals surface area contributed by atoms with Gasteiger partial charge in [-0.15, -0.1) is 0 Å². The second-order valence-electron chi connectivity index (χ2n) is 22.1. The zero-order valence-corrected chi connectivity index (χ0v) is 48.0. The van der Waals surface area contributed by atoms with Crippen LogP contribution in [0.4, 0.5) is 51.8 Å². The Balaban J connectivity index is 0.911. The van der Waals surface area contributed by atoms with Crippen molar-refractivity contribution in [2.45, 2.75) is 57.3 Å². The molecule has 4 aromatic carbocycles. The van der Waals surface area contributed by atoms with Gasteiger partial charge in [-0.25, -0.2) is 15.0 Å². The molecule has 6 heterocycles. The summed E-state index contributed by atoms with van der Waals surface area (Å²) in [6.45, 7) is 15.6. The number of methoxy groups -OCH3 is 2. The number of nitrogens with zero attached hydrogens (tertiary/aromatic N) is 10. The number of aryl methyl sites for hydroxylation is 1. The molecule has 2 amide bonds. The van der Waals surface area contributed by atoms with Gasteiger partial charge in [-0.05, 0) is 89.7 Å². The average Bonchev–Trinajstić information content (AvgIpc) is 3.16. The predicted molar refractivity (Wildman–Crippen MR) is 326 cm³/mol. The van der Waals surface area contributed by atoms with Crippen LogP contribution in [-0.4, -0.2) is 133 Å². The van der Waals surface area contributed by atoms with Crippen LogP contribution in [-0.2, 0) is 22.7 Å². The van der Waals surface area contributed by atoms with Crippen LogP contribution in [0.1, 0.15) is 33.1 Å². The van der Waals surface area contributed by atoms with Crippen molar-refractivity contribution in [2.75, 3.05) is 112 Å². The lowest BCUT2D eigenvalue weighted by molar-refractivity contribution is -0.112. The zero-order valence-electron chi connectivity index (χ0n) is 48.0. The first kappa shape index (κ1) is 54.6. The van der Waals surface area contributed by atoms with E-state index in [0.29, 0.717) is 89.6 Å². The highest BCUT2D eigenvalue weighted by Gasteiger charge is 2.48. The fraction of sp³-hybridized carbons (Fsp3) is 0.323. The lowest BCUT2D eigenvalue weighted by Gasteiger charge is -2.37. The van der Waals surface area contributed by atoms with Crippen LogP contribution in [0.2, 0.25) is 0 Å². The number of amides is 2. The van der Waals surface area contributed by atoms with Crippen LogP contribution in [0.5, 0.6) is 23.0 Å². The van der Waals surface area contributed by atoms with Gasteiger partial charge in [0, 0.05) is 112 Å². The minimum atomic E-state index is -0.382. The van der Waals surface area contributed by atoms with Crippen LogP contribution < -0.4 is 54.9 Å². The second kappa shape index (κ2) is 22.0. The fourth-order valence-electron chi connectivity index (χ4n) is 10.8. The number of hydrogen-bond donors (Lipinski definition) is 4. The topological polar surface area (TPSA) is 194 Å². The molecule has 1 aliphatic carbocycles. The van der Waals surface area contributed by atoms with Crippen molar-refractivity contribution in [1.29, 1.82) is 0 Å². The number of carbonyl (C=O) groups is 2. The van der Waals surface area contributed by atoms with Crippen LogP contribution in [0.15, 0.2) is 117 Å². The van der Waals surface area contributed by atoms with Gasteiger partial charge in [0.05, 0.1) is 83.9 Å². The summed E-state index contributed by atoms with van der Waals surface area (Å²) in [6, 6.07) is 23.6. The van der Waals surface area contributed by atoms with E-state index < -0.39 is 0 Å². The van der Waals surface area contributed by atoms with Gasteiger partial charge >= 0.3 is 0 Å². The molecule has 82 heavy (non-hydrogen) atoms. The second-order valence-corrected chi connectivity index (χ2v) is 22.1. The summed E-state index contributed by atoms with van der Waals surface area (Å²) >= 11 is 0. The van der Waals surface area contributed by atoms with Gasteiger partial charge in [0.15, 0.2) is 0 Å². The number of para-hydroxylation sites is 2. The molecule has 11 rings (SSSR count). The third-order valence-corrected chi connectivity index (χ3v) is 15.9. The van der Waals surface area contributed by atoms with E-state index in [4.69, 9.17) is 33.9 Å². The molecule has 0 atom stereocenters. The van der Waals surface area contributed by atoms with Gasteiger partial charge in [-0.3, -0.25) is 9.59 Å². The number of benzene rings is 4. The molecule has 20 heteroatoms. The summed E-state index contributed by atoms with van der Waals surface area (Å²) in [4.78, 5) is 54.4. The summed E-state index contributed by atoms with van der Waals surface area (Å²) in [7, 11) is 13.2. The molecule has 8 aromatic rings. The lowest BCUT2D eigenvalue weighted by atomic mass is 10.0. The highest BCUT2D eigenvalue weighted by molar-refractivity contribution is 6.04. The maximum Gasteiger partial charge on any atom is 0.247 e. The summed E-state index contributed by atoms with van der Waals surface area (Å²) in [5.41, 5.74) is 8.58. The summed E-state index contributed by atoms with van der Waals surface area (Å²) in [5, 5.41) is 15.0. The first-order valence-electron chi connectivity index (χ1n) is 27.4. The highest BCUT2D eigenvalue weighted by Crippen LogP contribution is 2.50. The molecule has 2 aliphatic heterocycles. The number of anilines is 9. The molecule has 20 nitrogen and oxygen atoms in total. The molecule has 3 aliphatic rings. The Kier molecular flexibility index (Phi) is 14.6. The standard InChI is InChI=1S/C62H70N14O6/c1-12-55(77)64-44-29-46(68-59-63-24-21-42(66-59)40-34-75-25-16-28-81-50-19-14-17-38(40)57(50)75)52(79-10)32-48(44)72(7)26-27-73(8)54-31-43(41-35-76-37-62(22-23-62)82-51-20-15-18-39(41)58(51)76)67-60(70-54)69-47-30-45(65-56(78)13-2)49(33-53(47)80-11)74(9)36-61(3,4)71(5)6/h12-15,17-21,24,29-35H,1-2,16,22-23,25-28,36-37H2,3-11H3,(H,64,77)(H,65,78)(H,63,66,68)(H,67,69,70). The normalized spacial score (nSPS) is 13.9. The van der Waals surface area contributed by atoms with E-state index in [1.165, 1.54) is 12.2 Å². The van der Waals surface area contributed by atoms with E-state index in [-0.39, 0.29) is 23.0 Å². The van der Waals surface area contributed by atoms with Crippen molar-refractivity contribution < 1.29 is 28.5 Å². The Labute approximate surface area is 477 Å². The number of carbonyl (C=O) groups excluding carboxylic acids is 2. The molecule has 0 saturated heterocycles. The number of likely N-dealkylation sites (N-methyl/N-ethyl adjacent to an activating group) is 4. The number of aromatic nitrogens is 6. The maximum absolute atomic E-state index is 13.1. The van der Waals surface area contributed by atoms with E-state index in [2.05, 4.69) is 102 Å². The Bertz CT molecular complexity index is 3810. The van der Waals surface area contributed by atoms with Gasteiger partial charge in [-0.1, -0.05) is 37.4 Å². The molecule has 1 spiro atoms. The molecule has 1 fully saturated rings. The van der Waals surface area contributed by atoms with E-state index in [1.807, 2.05) is 101 Å². The van der Waals surface area contributed by atoms with Crippen molar-refractivity contribution >= 4 is 85.5 Å². The largest absolute Gasteiger partial charge is 0.494 e. The van der Waals surface area contributed by atoms with Crippen LogP contribution in [0, 0.1) is 0 Å². The van der Waals surface area contributed by atoms with Crippen LogP contribution in [0.3, 0.4) is 0 Å². The third kappa shape index (κ3) is 10.8. The van der Waals surface area contributed by atoms with Crippen LogP contribution in [0.25, 0.3) is 44.3 Å². The molecule has 0 bridgehead atoms. The molecule has 0 radical (unpaired) electrons.